The number of ether oxygens (including phenoxy) is 1. The molecule has 0 radical (unpaired) electrons. The van der Waals surface area contributed by atoms with Crippen molar-refractivity contribution >= 4 is 28.2 Å². The Morgan fingerprint density at radius 3 is 2.55 bits per heavy atom. The quantitative estimate of drug-likeness (QED) is 0.362. The van der Waals surface area contributed by atoms with Crippen LogP contribution in [0.5, 0.6) is 11.5 Å². The van der Waals surface area contributed by atoms with E-state index in [0.29, 0.717) is 5.75 Å². The smallest absolute Gasteiger partial charge is 0.270 e. The van der Waals surface area contributed by atoms with Gasteiger partial charge in [0, 0.05) is 29.1 Å². The van der Waals surface area contributed by atoms with Crippen molar-refractivity contribution in [3.8, 4) is 11.5 Å². The molecular weight excluding hydrogens is 405 g/mol. The molecule has 154 valence electrons. The second kappa shape index (κ2) is 8.07. The molecule has 1 amide bonds. The van der Waals surface area contributed by atoms with Crippen LogP contribution in [0.4, 0.5) is 15.8 Å². The number of para-hydroxylation sites is 2. The first-order valence-electron chi connectivity index (χ1n) is 9.06. The molecule has 31 heavy (non-hydrogen) atoms. The number of amides is 1. The lowest BCUT2D eigenvalue weighted by molar-refractivity contribution is -0.384. The number of H-pyrrole nitrogens is 1. The maximum Gasteiger partial charge on any atom is 0.270 e. The van der Waals surface area contributed by atoms with Crippen LogP contribution in [0.25, 0.3) is 10.9 Å². The fourth-order valence-corrected chi connectivity index (χ4v) is 3.05. The molecule has 0 unspecified atom stereocenters. The second-order valence-electron chi connectivity index (χ2n) is 6.52. The van der Waals surface area contributed by atoms with Gasteiger partial charge in [0.25, 0.3) is 11.6 Å². The maximum atomic E-state index is 14.5. The monoisotopic (exact) mass is 419 g/mol. The number of carbonyl (C=O) groups excluding carboxylic acids is 1. The summed E-state index contributed by atoms with van der Waals surface area (Å²) in [5.41, 5.74) is -0.975. The van der Waals surface area contributed by atoms with Gasteiger partial charge in [0.15, 0.2) is 11.6 Å². The third kappa shape index (κ3) is 4.10. The van der Waals surface area contributed by atoms with Crippen molar-refractivity contribution in [2.45, 2.75) is 0 Å². The van der Waals surface area contributed by atoms with E-state index < -0.39 is 22.2 Å². The molecule has 0 spiro atoms. The van der Waals surface area contributed by atoms with E-state index in [0.717, 1.165) is 12.1 Å². The summed E-state index contributed by atoms with van der Waals surface area (Å²) in [6.07, 6.45) is 0. The standard InChI is InChI=1S/C22H14FN3O5/c23-17-7-4-8-19(31-14-5-2-1-3-6-14)21(17)25-22(28)16-12-20(27)24-18-10-9-13(26(29)30)11-15(16)18/h1-12H,(H,24,27)(H,25,28). The number of non-ortho nitro benzene ring substituents is 1. The van der Waals surface area contributed by atoms with Crippen LogP contribution in [0.2, 0.25) is 0 Å². The van der Waals surface area contributed by atoms with Crippen LogP contribution in [-0.2, 0) is 0 Å². The Morgan fingerprint density at radius 1 is 1.03 bits per heavy atom. The Kier molecular flexibility index (Phi) is 5.15. The molecule has 3 aromatic carbocycles. The van der Waals surface area contributed by atoms with E-state index in [4.69, 9.17) is 4.74 Å². The number of nitrogens with one attached hydrogen (secondary N) is 2. The summed E-state index contributed by atoms with van der Waals surface area (Å²) in [7, 11) is 0. The zero-order valence-electron chi connectivity index (χ0n) is 15.8. The first kappa shape index (κ1) is 19.8. The lowest BCUT2D eigenvalue weighted by Gasteiger charge is -2.14. The number of carbonyl (C=O) groups is 1. The first-order valence-corrected chi connectivity index (χ1v) is 9.06. The fraction of sp³-hybridized carbons (Fsp3) is 0. The van der Waals surface area contributed by atoms with Crippen molar-refractivity contribution in [1.82, 2.24) is 4.98 Å². The van der Waals surface area contributed by atoms with Gasteiger partial charge in [0.05, 0.1) is 10.5 Å². The van der Waals surface area contributed by atoms with Crippen LogP contribution in [0.15, 0.2) is 77.6 Å². The Bertz CT molecular complexity index is 1370. The summed E-state index contributed by atoms with van der Waals surface area (Å²) >= 11 is 0. The molecular formula is C22H14FN3O5. The van der Waals surface area contributed by atoms with Crippen molar-refractivity contribution in [3.63, 3.8) is 0 Å². The number of nitrogens with zero attached hydrogens (tertiary/aromatic N) is 1. The molecule has 1 heterocycles. The van der Waals surface area contributed by atoms with Crippen LogP contribution in [-0.4, -0.2) is 15.8 Å². The summed E-state index contributed by atoms with van der Waals surface area (Å²) in [6.45, 7) is 0. The molecule has 8 nitrogen and oxygen atoms in total. The Balaban J connectivity index is 1.75. The minimum absolute atomic E-state index is 0.0553. The van der Waals surface area contributed by atoms with E-state index in [2.05, 4.69) is 10.3 Å². The predicted octanol–water partition coefficient (Wildman–Crippen LogP) is 4.62. The largest absolute Gasteiger partial charge is 0.455 e. The number of halogens is 1. The molecule has 2 N–H and O–H groups in total. The molecule has 0 bridgehead atoms. The van der Waals surface area contributed by atoms with Crippen LogP contribution < -0.4 is 15.6 Å². The molecule has 0 atom stereocenters. The topological polar surface area (TPSA) is 114 Å². The van der Waals surface area contributed by atoms with E-state index in [1.54, 1.807) is 30.3 Å². The zero-order chi connectivity index (χ0) is 22.0. The highest BCUT2D eigenvalue weighted by Crippen LogP contribution is 2.32. The summed E-state index contributed by atoms with van der Waals surface area (Å²) in [5.74, 6) is -1.08. The number of pyridine rings is 1. The van der Waals surface area contributed by atoms with Crippen molar-refractivity contribution in [1.29, 1.82) is 0 Å². The third-order valence-electron chi connectivity index (χ3n) is 4.47. The number of hydrogen-bond donors (Lipinski definition) is 2. The number of anilines is 1. The third-order valence-corrected chi connectivity index (χ3v) is 4.47. The van der Waals surface area contributed by atoms with E-state index >= 15 is 0 Å². The van der Waals surface area contributed by atoms with E-state index in [1.165, 1.54) is 30.3 Å². The molecule has 0 saturated carbocycles. The van der Waals surface area contributed by atoms with Crippen LogP contribution in [0, 0.1) is 15.9 Å². The molecule has 9 heteroatoms. The molecule has 0 aliphatic heterocycles. The second-order valence-corrected chi connectivity index (χ2v) is 6.52. The van der Waals surface area contributed by atoms with E-state index in [-0.39, 0.29) is 33.6 Å². The normalized spacial score (nSPS) is 10.6. The summed E-state index contributed by atoms with van der Waals surface area (Å²) < 4.78 is 20.2. The minimum Gasteiger partial charge on any atom is -0.455 e. The zero-order valence-corrected chi connectivity index (χ0v) is 15.8. The molecule has 0 saturated heterocycles. The van der Waals surface area contributed by atoms with Gasteiger partial charge in [-0.1, -0.05) is 24.3 Å². The minimum atomic E-state index is -0.820. The van der Waals surface area contributed by atoms with Gasteiger partial charge in [-0.05, 0) is 30.3 Å². The predicted molar refractivity (Wildman–Crippen MR) is 112 cm³/mol. The van der Waals surface area contributed by atoms with E-state index in [9.17, 15) is 24.1 Å². The molecule has 4 aromatic rings. The number of nitro benzene ring substituents is 1. The van der Waals surface area contributed by atoms with Crippen LogP contribution in [0.1, 0.15) is 10.4 Å². The first-order chi connectivity index (χ1) is 14.9. The Labute approximate surface area is 174 Å². The van der Waals surface area contributed by atoms with Crippen LogP contribution in [0.3, 0.4) is 0 Å². The number of aromatic nitrogens is 1. The highest BCUT2D eigenvalue weighted by molar-refractivity contribution is 6.13. The Morgan fingerprint density at radius 2 is 1.81 bits per heavy atom. The van der Waals surface area contributed by atoms with Gasteiger partial charge in [-0.25, -0.2) is 4.39 Å². The molecule has 1 aromatic heterocycles. The fourth-order valence-electron chi connectivity index (χ4n) is 3.05. The molecule has 4 rings (SSSR count). The molecule has 0 aliphatic carbocycles. The highest BCUT2D eigenvalue weighted by atomic mass is 19.1. The number of nitro groups is 1. The van der Waals surface area contributed by atoms with Crippen molar-refractivity contribution in [2.75, 3.05) is 5.32 Å². The summed E-state index contributed by atoms with van der Waals surface area (Å²) in [5, 5.41) is 13.7. The number of rotatable bonds is 5. The van der Waals surface area contributed by atoms with Gasteiger partial charge in [-0.3, -0.25) is 19.7 Å². The Hall–Kier alpha value is -4.53. The van der Waals surface area contributed by atoms with Gasteiger partial charge in [0.2, 0.25) is 5.56 Å². The van der Waals surface area contributed by atoms with Gasteiger partial charge >= 0.3 is 0 Å². The number of aromatic amines is 1. The van der Waals surface area contributed by atoms with Gasteiger partial charge in [-0.2, -0.15) is 0 Å². The lowest BCUT2D eigenvalue weighted by Crippen LogP contribution is -2.18. The van der Waals surface area contributed by atoms with Crippen LogP contribution >= 0.6 is 0 Å². The van der Waals surface area contributed by atoms with Gasteiger partial charge in [-0.15, -0.1) is 0 Å². The average Bonchev–Trinajstić information content (AvgIpc) is 2.75. The van der Waals surface area contributed by atoms with Crippen molar-refractivity contribution in [2.24, 2.45) is 0 Å². The molecule has 0 fully saturated rings. The average molecular weight is 419 g/mol. The van der Waals surface area contributed by atoms with Gasteiger partial charge in [0.1, 0.15) is 11.4 Å². The molecule has 0 aliphatic rings. The SMILES string of the molecule is O=C(Nc1c(F)cccc1Oc1ccccc1)c1cc(=O)[nH]c2ccc([N+](=O)[O-])cc12. The summed E-state index contributed by atoms with van der Waals surface area (Å²) in [4.78, 5) is 38.0. The lowest BCUT2D eigenvalue weighted by atomic mass is 10.1. The van der Waals surface area contributed by atoms with E-state index in [1.807, 2.05) is 0 Å². The van der Waals surface area contributed by atoms with Crippen molar-refractivity contribution < 1.29 is 18.8 Å². The number of fused-ring (bicyclic) bond motifs is 1. The highest BCUT2D eigenvalue weighted by Gasteiger charge is 2.19. The number of benzene rings is 3. The summed E-state index contributed by atoms with van der Waals surface area (Å²) in [6, 6.07) is 17.4. The maximum absolute atomic E-state index is 14.5. The number of hydrogen-bond acceptors (Lipinski definition) is 5. The van der Waals surface area contributed by atoms with Gasteiger partial charge < -0.3 is 15.0 Å². The van der Waals surface area contributed by atoms with Crippen molar-refractivity contribution in [3.05, 3.63) is 105 Å².